The van der Waals surface area contributed by atoms with Gasteiger partial charge < -0.3 is 9.84 Å². The van der Waals surface area contributed by atoms with Gasteiger partial charge in [-0.1, -0.05) is 21.9 Å². The normalized spacial score (nSPS) is 11.5. The molecule has 0 radical (unpaired) electrons. The molecule has 0 spiro atoms. The summed E-state index contributed by atoms with van der Waals surface area (Å²) in [5, 5.41) is 10.7. The molecule has 1 amide bonds. The van der Waals surface area contributed by atoms with E-state index in [0.29, 0.717) is 16.0 Å². The molecule has 4 aromatic rings. The van der Waals surface area contributed by atoms with E-state index in [1.807, 2.05) is 0 Å². The Morgan fingerprint density at radius 2 is 1.93 bits per heavy atom. The Bertz CT molecular complexity index is 1440. The molecule has 2 heterocycles. The van der Waals surface area contributed by atoms with Gasteiger partial charge in [0.2, 0.25) is 10.0 Å². The Morgan fingerprint density at radius 1 is 1.13 bits per heavy atom. The molecule has 0 saturated carbocycles. The molecule has 0 bridgehead atoms. The fraction of sp³-hybridized carbons (Fsp3) is 0.0588. The number of carbonyl (C=O) groups is 1. The van der Waals surface area contributed by atoms with Gasteiger partial charge in [0.15, 0.2) is 17.1 Å². The summed E-state index contributed by atoms with van der Waals surface area (Å²) in [4.78, 5) is 26.5. The molecule has 4 rings (SSSR count). The van der Waals surface area contributed by atoms with Crippen LogP contribution in [0.2, 0.25) is 5.02 Å². The number of halogens is 1. The number of carbonyl (C=O) groups excluding carboxylic acids is 1. The number of nitrogens with one attached hydrogen (secondary N) is 3. The zero-order valence-corrected chi connectivity index (χ0v) is 16.7. The van der Waals surface area contributed by atoms with Gasteiger partial charge in [0.1, 0.15) is 0 Å². The van der Waals surface area contributed by atoms with Crippen molar-refractivity contribution in [1.82, 2.24) is 15.3 Å². The van der Waals surface area contributed by atoms with E-state index < -0.39 is 21.7 Å². The third-order valence-corrected chi connectivity index (χ3v) is 4.76. The van der Waals surface area contributed by atoms with Crippen LogP contribution in [0.15, 0.2) is 50.2 Å². The van der Waals surface area contributed by atoms with Crippen molar-refractivity contribution >= 4 is 49.9 Å². The van der Waals surface area contributed by atoms with Crippen LogP contribution in [0, 0.1) is 0 Å². The number of aromatic nitrogens is 3. The number of amides is 1. The van der Waals surface area contributed by atoms with Crippen molar-refractivity contribution in [2.24, 2.45) is 0 Å². The molecule has 0 atom stereocenters. The van der Waals surface area contributed by atoms with E-state index in [-0.39, 0.29) is 28.5 Å². The second kappa shape index (κ2) is 7.31. The molecule has 154 valence electrons. The smallest absolute Gasteiger partial charge is 0.355 e. The number of benzene rings is 2. The van der Waals surface area contributed by atoms with E-state index in [4.69, 9.17) is 16.1 Å². The van der Waals surface area contributed by atoms with Crippen molar-refractivity contribution in [1.29, 1.82) is 0 Å². The first-order valence-electron chi connectivity index (χ1n) is 8.24. The Hall–Kier alpha value is -3.64. The van der Waals surface area contributed by atoms with Crippen LogP contribution in [0.25, 0.3) is 22.4 Å². The van der Waals surface area contributed by atoms with Crippen LogP contribution >= 0.6 is 11.6 Å². The molecule has 0 saturated heterocycles. The van der Waals surface area contributed by atoms with Crippen LogP contribution in [0.1, 0.15) is 10.5 Å². The molecule has 30 heavy (non-hydrogen) atoms. The van der Waals surface area contributed by atoms with Gasteiger partial charge in [-0.25, -0.2) is 13.2 Å². The third kappa shape index (κ3) is 4.04. The lowest BCUT2D eigenvalue weighted by molar-refractivity contribution is 0.102. The molecule has 2 aromatic heterocycles. The van der Waals surface area contributed by atoms with Crippen molar-refractivity contribution in [3.63, 3.8) is 0 Å². The minimum absolute atomic E-state index is 0.0717. The number of hydrogen-bond donors (Lipinski definition) is 3. The minimum atomic E-state index is -3.51. The highest BCUT2D eigenvalue weighted by atomic mass is 35.5. The van der Waals surface area contributed by atoms with Crippen LogP contribution in [0.4, 0.5) is 11.4 Å². The molecular weight excluding hydrogens is 438 g/mol. The summed E-state index contributed by atoms with van der Waals surface area (Å²) in [6.45, 7) is 0. The van der Waals surface area contributed by atoms with E-state index >= 15 is 0 Å². The summed E-state index contributed by atoms with van der Waals surface area (Å²) in [7, 11) is -3.51. The second-order valence-electron chi connectivity index (χ2n) is 6.20. The lowest BCUT2D eigenvalue weighted by Gasteiger charge is -2.08. The summed E-state index contributed by atoms with van der Waals surface area (Å²) >= 11 is 6.01. The van der Waals surface area contributed by atoms with Gasteiger partial charge in [-0.15, -0.1) is 0 Å². The molecule has 11 nitrogen and oxygen atoms in total. The average molecular weight is 450 g/mol. The zero-order valence-electron chi connectivity index (χ0n) is 15.1. The van der Waals surface area contributed by atoms with Gasteiger partial charge in [-0.2, -0.15) is 0 Å². The Labute approximate surface area is 173 Å². The standard InChI is InChI=1S/C17H12ClN5O6S/c1-30(26,27)23-9-3-5-13-11(7-9)14(21-28-13)16(24)19-12-4-2-8(18)6-10(12)15-20-17(25)29-22-15/h2-7,23H,1H3,(H,19,24)(H,20,22,25). The van der Waals surface area contributed by atoms with E-state index in [1.54, 1.807) is 0 Å². The van der Waals surface area contributed by atoms with Crippen molar-refractivity contribution in [2.45, 2.75) is 0 Å². The lowest BCUT2D eigenvalue weighted by Crippen LogP contribution is -2.14. The molecule has 0 unspecified atom stereocenters. The molecular formula is C17H12ClN5O6S. The summed E-state index contributed by atoms with van der Waals surface area (Å²) < 4.78 is 34.9. The van der Waals surface area contributed by atoms with E-state index in [1.165, 1.54) is 36.4 Å². The highest BCUT2D eigenvalue weighted by Crippen LogP contribution is 2.29. The van der Waals surface area contributed by atoms with Crippen LogP contribution in [0.5, 0.6) is 0 Å². The van der Waals surface area contributed by atoms with Gasteiger partial charge in [0.05, 0.1) is 17.3 Å². The topological polar surface area (TPSA) is 160 Å². The van der Waals surface area contributed by atoms with Crippen molar-refractivity contribution < 1.29 is 22.3 Å². The Kier molecular flexibility index (Phi) is 4.79. The number of nitrogens with zero attached hydrogens (tertiary/aromatic N) is 2. The summed E-state index contributed by atoms with van der Waals surface area (Å²) in [6, 6.07) is 8.93. The number of hydrogen-bond acceptors (Lipinski definition) is 8. The van der Waals surface area contributed by atoms with Crippen LogP contribution in [-0.2, 0) is 10.0 Å². The SMILES string of the molecule is CS(=O)(=O)Nc1ccc2onc(C(=O)Nc3ccc(Cl)cc3-c3noc(=O)[nH]3)c2c1. The molecule has 0 aliphatic carbocycles. The van der Waals surface area contributed by atoms with Gasteiger partial charge in [-0.05, 0) is 36.4 Å². The van der Waals surface area contributed by atoms with Gasteiger partial charge in [-0.3, -0.25) is 19.0 Å². The number of rotatable bonds is 5. The van der Waals surface area contributed by atoms with Crippen molar-refractivity contribution in [3.05, 3.63) is 57.7 Å². The monoisotopic (exact) mass is 449 g/mol. The Balaban J connectivity index is 1.70. The van der Waals surface area contributed by atoms with Gasteiger partial charge >= 0.3 is 5.76 Å². The minimum Gasteiger partial charge on any atom is -0.355 e. The van der Waals surface area contributed by atoms with Crippen molar-refractivity contribution in [3.8, 4) is 11.4 Å². The third-order valence-electron chi connectivity index (χ3n) is 3.91. The van der Waals surface area contributed by atoms with Crippen molar-refractivity contribution in [2.75, 3.05) is 16.3 Å². The predicted octanol–water partition coefficient (Wildman–Crippen LogP) is 2.45. The van der Waals surface area contributed by atoms with E-state index in [0.717, 1.165) is 6.26 Å². The first-order valence-corrected chi connectivity index (χ1v) is 10.5. The second-order valence-corrected chi connectivity index (χ2v) is 8.39. The maximum Gasteiger partial charge on any atom is 0.439 e. The number of aromatic amines is 1. The van der Waals surface area contributed by atoms with Gasteiger partial charge in [0, 0.05) is 16.3 Å². The number of fused-ring (bicyclic) bond motifs is 1. The quantitative estimate of drug-likeness (QED) is 0.418. The van der Waals surface area contributed by atoms with Crippen LogP contribution < -0.4 is 15.8 Å². The average Bonchev–Trinajstić information content (AvgIpc) is 3.27. The molecule has 2 aromatic carbocycles. The number of anilines is 2. The lowest BCUT2D eigenvalue weighted by atomic mass is 10.1. The molecule has 0 fully saturated rings. The largest absolute Gasteiger partial charge is 0.439 e. The maximum absolute atomic E-state index is 12.8. The fourth-order valence-corrected chi connectivity index (χ4v) is 3.46. The Morgan fingerprint density at radius 3 is 2.63 bits per heavy atom. The van der Waals surface area contributed by atoms with E-state index in [9.17, 15) is 18.0 Å². The van der Waals surface area contributed by atoms with E-state index in [2.05, 4.69) is 29.9 Å². The molecule has 0 aliphatic heterocycles. The fourth-order valence-electron chi connectivity index (χ4n) is 2.73. The molecule has 3 N–H and O–H groups in total. The molecule has 13 heteroatoms. The van der Waals surface area contributed by atoms with Crippen LogP contribution in [0.3, 0.4) is 0 Å². The summed E-state index contributed by atoms with van der Waals surface area (Å²) in [6.07, 6.45) is 1.01. The summed E-state index contributed by atoms with van der Waals surface area (Å²) in [5.41, 5.74) is 1.05. The number of sulfonamides is 1. The highest BCUT2D eigenvalue weighted by molar-refractivity contribution is 7.92. The number of H-pyrrole nitrogens is 1. The first-order chi connectivity index (χ1) is 14.2. The molecule has 0 aliphatic rings. The predicted molar refractivity (Wildman–Crippen MR) is 108 cm³/mol. The first kappa shape index (κ1) is 19.7. The van der Waals surface area contributed by atoms with Crippen LogP contribution in [-0.4, -0.2) is 35.9 Å². The summed E-state index contributed by atoms with van der Waals surface area (Å²) in [5.74, 6) is -1.34. The van der Waals surface area contributed by atoms with Gasteiger partial charge in [0.25, 0.3) is 5.91 Å². The zero-order chi connectivity index (χ0) is 21.5. The maximum atomic E-state index is 12.8. The highest BCUT2D eigenvalue weighted by Gasteiger charge is 2.20.